The molecule has 0 fully saturated rings. The first-order chi connectivity index (χ1) is 17.8. The van der Waals surface area contributed by atoms with E-state index in [4.69, 9.17) is 9.68 Å². The molecule has 0 saturated heterocycles. The summed E-state index contributed by atoms with van der Waals surface area (Å²) in [5, 5.41) is 29.4. The fourth-order valence-corrected chi connectivity index (χ4v) is 4.19. The summed E-state index contributed by atoms with van der Waals surface area (Å²) in [5.41, 5.74) is 1.04. The van der Waals surface area contributed by atoms with Crippen LogP contribution in [0.3, 0.4) is 0 Å². The molecular formula is C29H15NO7. The summed E-state index contributed by atoms with van der Waals surface area (Å²) in [5.74, 6) is -2.98. The van der Waals surface area contributed by atoms with Crippen molar-refractivity contribution in [3.8, 4) is 34.3 Å². The van der Waals surface area contributed by atoms with Crippen LogP contribution in [-0.2, 0) is 0 Å². The minimum atomic E-state index is -1.34. The first-order valence-electron chi connectivity index (χ1n) is 10.9. The summed E-state index contributed by atoms with van der Waals surface area (Å²) >= 11 is 0. The number of carbonyl (C=O) groups is 3. The first kappa shape index (κ1) is 23.2. The Labute approximate surface area is 208 Å². The molecule has 178 valence electrons. The largest absolute Gasteiger partial charge is 0.508 e. The van der Waals surface area contributed by atoms with Gasteiger partial charge in [0.2, 0.25) is 11.6 Å². The highest BCUT2D eigenvalue weighted by Gasteiger charge is 2.25. The SMILES string of the molecule is N#Cc1ccc(C(=O)C(=O)c2ccc(-c3c4ccc(=O)cc-4oc4cc(O)ccc34)c(C(=O)O)c2)cc1. The van der Waals surface area contributed by atoms with Crippen LogP contribution in [0, 0.1) is 11.3 Å². The maximum Gasteiger partial charge on any atom is 0.336 e. The maximum absolute atomic E-state index is 12.9. The molecule has 2 N–H and O–H groups in total. The van der Waals surface area contributed by atoms with Gasteiger partial charge in [-0.05, 0) is 60.2 Å². The Balaban J connectivity index is 1.69. The van der Waals surface area contributed by atoms with Crippen LogP contribution in [0.15, 0.2) is 88.1 Å². The van der Waals surface area contributed by atoms with E-state index in [0.29, 0.717) is 22.1 Å². The zero-order chi connectivity index (χ0) is 26.3. The molecule has 0 aromatic heterocycles. The normalized spacial score (nSPS) is 10.8. The molecule has 3 aromatic carbocycles. The Hall–Kier alpha value is -5.55. The van der Waals surface area contributed by atoms with Crippen molar-refractivity contribution >= 4 is 28.5 Å². The van der Waals surface area contributed by atoms with E-state index in [-0.39, 0.29) is 44.8 Å². The molecule has 8 nitrogen and oxygen atoms in total. The lowest BCUT2D eigenvalue weighted by Crippen LogP contribution is -2.15. The van der Waals surface area contributed by atoms with Crippen molar-refractivity contribution in [3.63, 3.8) is 0 Å². The van der Waals surface area contributed by atoms with Crippen molar-refractivity contribution in [2.24, 2.45) is 0 Å². The number of fused-ring (bicyclic) bond motifs is 2. The maximum atomic E-state index is 12.9. The summed E-state index contributed by atoms with van der Waals surface area (Å²) in [6.45, 7) is 0. The number of phenolic OH excluding ortho intramolecular Hbond substituents is 1. The van der Waals surface area contributed by atoms with Gasteiger partial charge in [0.1, 0.15) is 17.1 Å². The smallest absolute Gasteiger partial charge is 0.336 e. The summed E-state index contributed by atoms with van der Waals surface area (Å²) in [6, 6.07) is 19.8. The molecule has 3 aromatic rings. The Bertz CT molecular complexity index is 1820. The number of aromatic carboxylic acids is 1. The summed E-state index contributed by atoms with van der Waals surface area (Å²) in [4.78, 5) is 50.0. The lowest BCUT2D eigenvalue weighted by molar-refractivity contribution is 0.0697. The quantitative estimate of drug-likeness (QED) is 0.201. The van der Waals surface area contributed by atoms with Gasteiger partial charge in [-0.3, -0.25) is 14.4 Å². The molecule has 8 heteroatoms. The fourth-order valence-electron chi connectivity index (χ4n) is 4.19. The van der Waals surface area contributed by atoms with Gasteiger partial charge in [-0.1, -0.05) is 12.1 Å². The average molecular weight is 489 g/mol. The van der Waals surface area contributed by atoms with Crippen molar-refractivity contribution in [1.29, 1.82) is 5.26 Å². The molecule has 1 aliphatic carbocycles. The van der Waals surface area contributed by atoms with Gasteiger partial charge < -0.3 is 14.6 Å². The summed E-state index contributed by atoms with van der Waals surface area (Å²) < 4.78 is 5.80. The molecule has 0 unspecified atom stereocenters. The van der Waals surface area contributed by atoms with E-state index in [1.165, 1.54) is 66.7 Å². The lowest BCUT2D eigenvalue weighted by atomic mass is 9.89. The van der Waals surface area contributed by atoms with E-state index in [2.05, 4.69) is 0 Å². The minimum absolute atomic E-state index is 0.0693. The predicted molar refractivity (Wildman–Crippen MR) is 133 cm³/mol. The zero-order valence-electron chi connectivity index (χ0n) is 18.9. The number of hydrogen-bond acceptors (Lipinski definition) is 7. The molecule has 2 aliphatic rings. The van der Waals surface area contributed by atoms with Gasteiger partial charge in [0, 0.05) is 39.8 Å². The number of nitrogens with zero attached hydrogens (tertiary/aromatic N) is 1. The van der Waals surface area contributed by atoms with E-state index >= 15 is 0 Å². The van der Waals surface area contributed by atoms with Crippen molar-refractivity contribution < 1.29 is 29.0 Å². The monoisotopic (exact) mass is 489 g/mol. The molecule has 5 rings (SSSR count). The van der Waals surface area contributed by atoms with Crippen LogP contribution in [0.4, 0.5) is 0 Å². The second-order valence-electron chi connectivity index (χ2n) is 8.23. The Kier molecular flexibility index (Phi) is 5.59. The molecule has 0 saturated carbocycles. The average Bonchev–Trinajstić information content (AvgIpc) is 2.90. The van der Waals surface area contributed by atoms with Crippen molar-refractivity contribution in [2.75, 3.05) is 0 Å². The number of Topliss-reactive ketones (excluding diaryl/α,β-unsaturated/α-hetero) is 2. The third kappa shape index (κ3) is 4.11. The molecule has 0 amide bonds. The number of nitriles is 1. The van der Waals surface area contributed by atoms with Crippen LogP contribution in [-0.4, -0.2) is 27.7 Å². The van der Waals surface area contributed by atoms with Crippen LogP contribution in [0.25, 0.3) is 33.4 Å². The van der Waals surface area contributed by atoms with Crippen LogP contribution in [0.2, 0.25) is 0 Å². The Morgan fingerprint density at radius 1 is 0.784 bits per heavy atom. The number of phenols is 1. The van der Waals surface area contributed by atoms with Gasteiger partial charge in [0.15, 0.2) is 5.43 Å². The topological polar surface area (TPSA) is 146 Å². The van der Waals surface area contributed by atoms with Crippen LogP contribution >= 0.6 is 0 Å². The number of carboxylic acid groups (broad SMARTS) is 1. The van der Waals surface area contributed by atoms with Crippen molar-refractivity contribution in [1.82, 2.24) is 0 Å². The van der Waals surface area contributed by atoms with Gasteiger partial charge in [0.25, 0.3) is 0 Å². The molecule has 1 heterocycles. The highest BCUT2D eigenvalue weighted by Crippen LogP contribution is 2.42. The minimum Gasteiger partial charge on any atom is -0.508 e. The van der Waals surface area contributed by atoms with E-state index < -0.39 is 17.5 Å². The van der Waals surface area contributed by atoms with Gasteiger partial charge in [-0.25, -0.2) is 4.79 Å². The van der Waals surface area contributed by atoms with E-state index in [1.807, 2.05) is 6.07 Å². The number of carbonyl (C=O) groups excluding carboxylic acids is 2. The number of hydrogen-bond donors (Lipinski definition) is 2. The van der Waals surface area contributed by atoms with Gasteiger partial charge in [-0.15, -0.1) is 0 Å². The zero-order valence-corrected chi connectivity index (χ0v) is 18.9. The van der Waals surface area contributed by atoms with Gasteiger partial charge in [0.05, 0.1) is 17.2 Å². The molecule has 1 aliphatic heterocycles. The molecule has 37 heavy (non-hydrogen) atoms. The van der Waals surface area contributed by atoms with Crippen LogP contribution < -0.4 is 5.43 Å². The van der Waals surface area contributed by atoms with E-state index in [9.17, 15) is 29.4 Å². The number of ketones is 2. The van der Waals surface area contributed by atoms with Gasteiger partial charge in [-0.2, -0.15) is 5.26 Å². The molecule has 0 spiro atoms. The Morgan fingerprint density at radius 3 is 2.16 bits per heavy atom. The highest BCUT2D eigenvalue weighted by atomic mass is 16.4. The predicted octanol–water partition coefficient (Wildman–Crippen LogP) is 4.91. The fraction of sp³-hybridized carbons (Fsp3) is 0. The summed E-state index contributed by atoms with van der Waals surface area (Å²) in [7, 11) is 0. The summed E-state index contributed by atoms with van der Waals surface area (Å²) in [6.07, 6.45) is 0. The highest BCUT2D eigenvalue weighted by molar-refractivity contribution is 6.49. The lowest BCUT2D eigenvalue weighted by Gasteiger charge is -2.17. The molecule has 0 atom stereocenters. The second-order valence-corrected chi connectivity index (χ2v) is 8.23. The number of carboxylic acids is 1. The van der Waals surface area contributed by atoms with Crippen molar-refractivity contribution in [3.05, 3.63) is 111 Å². The third-order valence-electron chi connectivity index (χ3n) is 5.94. The van der Waals surface area contributed by atoms with Gasteiger partial charge >= 0.3 is 5.97 Å². The molecule has 0 radical (unpaired) electrons. The van der Waals surface area contributed by atoms with Crippen molar-refractivity contribution in [2.45, 2.75) is 0 Å². The number of aromatic hydroxyl groups is 1. The number of benzene rings is 4. The van der Waals surface area contributed by atoms with Crippen LogP contribution in [0.1, 0.15) is 36.6 Å². The second kappa shape index (κ2) is 8.91. The molecular weight excluding hydrogens is 474 g/mol. The van der Waals surface area contributed by atoms with E-state index in [1.54, 1.807) is 6.07 Å². The number of rotatable bonds is 5. The molecule has 0 bridgehead atoms. The third-order valence-corrected chi connectivity index (χ3v) is 5.94. The first-order valence-corrected chi connectivity index (χ1v) is 10.9. The Morgan fingerprint density at radius 2 is 1.46 bits per heavy atom. The standard InChI is InChI=1S/C29H15NO7/c30-14-15-1-3-16(4-2-15)27(33)28(34)17-5-8-20(23(11-17)29(35)36)26-21-9-6-18(31)12-24(21)37-25-13-19(32)7-10-22(25)26/h1-13,31H,(H,35,36). The van der Waals surface area contributed by atoms with E-state index in [0.717, 1.165) is 6.07 Å². The van der Waals surface area contributed by atoms with Crippen LogP contribution in [0.5, 0.6) is 5.75 Å².